The van der Waals surface area contributed by atoms with Crippen molar-refractivity contribution in [2.24, 2.45) is 5.73 Å². The number of methoxy groups -OCH3 is 1. The zero-order valence-electron chi connectivity index (χ0n) is 13.9. The third-order valence-corrected chi connectivity index (χ3v) is 5.58. The summed E-state index contributed by atoms with van der Waals surface area (Å²) in [6.07, 6.45) is -1.16. The van der Waals surface area contributed by atoms with E-state index in [0.717, 1.165) is 0 Å². The second-order valence-corrected chi connectivity index (χ2v) is 7.27. The highest BCUT2D eigenvalue weighted by molar-refractivity contribution is 7.89. The fourth-order valence-corrected chi connectivity index (χ4v) is 3.66. The van der Waals surface area contributed by atoms with Crippen LogP contribution >= 0.6 is 0 Å². The molecule has 138 valence electrons. The molecule has 0 unspecified atom stereocenters. The van der Waals surface area contributed by atoms with Crippen LogP contribution in [-0.2, 0) is 24.3 Å². The topological polar surface area (TPSA) is 125 Å². The molecule has 0 aromatic heterocycles. The largest absolute Gasteiger partial charge is 0.496 e. The fraction of sp³-hybridized carbons (Fsp3) is 0.467. The first-order chi connectivity index (χ1) is 11.8. The van der Waals surface area contributed by atoms with E-state index in [1.807, 2.05) is 0 Å². The van der Waals surface area contributed by atoms with E-state index in [1.165, 1.54) is 36.5 Å². The Hall–Kier alpha value is -2.17. The summed E-state index contributed by atoms with van der Waals surface area (Å²) >= 11 is 0. The number of hydrogen-bond donors (Lipinski definition) is 1. The molecule has 1 atom stereocenters. The summed E-state index contributed by atoms with van der Waals surface area (Å²) in [6, 6.07) is 3.87. The molecule has 9 nitrogen and oxygen atoms in total. The standard InChI is InChI=1S/C15H20N2O7S/c1-10(14(16)18)24-15(19)12-9-11(3-4-13(12)22-2)25(20,21)17-5-7-23-8-6-17/h3-4,9-10H,5-8H2,1-2H3,(H2,16,18)/t10-/m0/s1. The van der Waals surface area contributed by atoms with Crippen LogP contribution < -0.4 is 10.5 Å². The van der Waals surface area contributed by atoms with Gasteiger partial charge in [0.1, 0.15) is 11.3 Å². The molecule has 1 fully saturated rings. The third-order valence-electron chi connectivity index (χ3n) is 3.68. The Morgan fingerprint density at radius 1 is 1.28 bits per heavy atom. The minimum Gasteiger partial charge on any atom is -0.496 e. The normalized spacial score (nSPS) is 16.9. The predicted octanol–water partition coefficient (Wildman–Crippen LogP) is -0.253. The van der Waals surface area contributed by atoms with Gasteiger partial charge in [0.05, 0.1) is 25.2 Å². The SMILES string of the molecule is COc1ccc(S(=O)(=O)N2CCOCC2)cc1C(=O)O[C@@H](C)C(N)=O. The first kappa shape index (κ1) is 19.2. The van der Waals surface area contributed by atoms with Crippen LogP contribution in [-0.4, -0.2) is 64.1 Å². The molecule has 1 aliphatic rings. The van der Waals surface area contributed by atoms with Gasteiger partial charge >= 0.3 is 5.97 Å². The smallest absolute Gasteiger partial charge is 0.342 e. The number of hydrogen-bond acceptors (Lipinski definition) is 7. The van der Waals surface area contributed by atoms with Gasteiger partial charge in [0.2, 0.25) is 10.0 Å². The molecule has 2 rings (SSSR count). The van der Waals surface area contributed by atoms with Gasteiger partial charge < -0.3 is 19.9 Å². The van der Waals surface area contributed by atoms with E-state index >= 15 is 0 Å². The number of benzene rings is 1. The number of carbonyl (C=O) groups is 2. The van der Waals surface area contributed by atoms with E-state index < -0.39 is 28.0 Å². The average Bonchev–Trinajstić information content (AvgIpc) is 2.61. The molecular weight excluding hydrogens is 352 g/mol. The molecule has 10 heteroatoms. The highest BCUT2D eigenvalue weighted by Crippen LogP contribution is 2.26. The van der Waals surface area contributed by atoms with Crippen LogP contribution in [0, 0.1) is 0 Å². The summed E-state index contributed by atoms with van der Waals surface area (Å²) in [6.45, 7) is 2.39. The van der Waals surface area contributed by atoms with Crippen LogP contribution in [0.1, 0.15) is 17.3 Å². The van der Waals surface area contributed by atoms with Gasteiger partial charge in [-0.25, -0.2) is 13.2 Å². The van der Waals surface area contributed by atoms with E-state index in [4.69, 9.17) is 19.9 Å². The number of ether oxygens (including phenoxy) is 3. The van der Waals surface area contributed by atoms with E-state index in [1.54, 1.807) is 0 Å². The maximum absolute atomic E-state index is 12.7. The molecule has 1 aromatic carbocycles. The van der Waals surface area contributed by atoms with Crippen molar-refractivity contribution >= 4 is 21.9 Å². The number of primary amides is 1. The summed E-state index contributed by atoms with van der Waals surface area (Å²) < 4.78 is 41.8. The van der Waals surface area contributed by atoms with E-state index in [2.05, 4.69) is 0 Å². The number of esters is 1. The minimum atomic E-state index is -3.79. The van der Waals surface area contributed by atoms with Crippen molar-refractivity contribution in [1.82, 2.24) is 4.31 Å². The molecule has 0 saturated carbocycles. The van der Waals surface area contributed by atoms with Gasteiger partial charge in [-0.2, -0.15) is 4.31 Å². The Kier molecular flexibility index (Phi) is 5.98. The highest BCUT2D eigenvalue weighted by Gasteiger charge is 2.29. The Morgan fingerprint density at radius 3 is 2.48 bits per heavy atom. The van der Waals surface area contributed by atoms with Gasteiger partial charge in [0, 0.05) is 13.1 Å². The maximum atomic E-state index is 12.7. The molecule has 0 spiro atoms. The quantitative estimate of drug-likeness (QED) is 0.682. The molecule has 1 heterocycles. The number of amides is 1. The van der Waals surface area contributed by atoms with Crippen LogP contribution in [0.2, 0.25) is 0 Å². The highest BCUT2D eigenvalue weighted by atomic mass is 32.2. The lowest BCUT2D eigenvalue weighted by Crippen LogP contribution is -2.40. The number of nitrogens with zero attached hydrogens (tertiary/aromatic N) is 1. The lowest BCUT2D eigenvalue weighted by Gasteiger charge is -2.26. The third kappa shape index (κ3) is 4.27. The average molecular weight is 372 g/mol. The Morgan fingerprint density at radius 2 is 1.92 bits per heavy atom. The van der Waals surface area contributed by atoms with E-state index in [-0.39, 0.29) is 29.3 Å². The van der Waals surface area contributed by atoms with Gasteiger partial charge in [0.25, 0.3) is 5.91 Å². The lowest BCUT2D eigenvalue weighted by molar-refractivity contribution is -0.125. The first-order valence-electron chi connectivity index (χ1n) is 7.53. The van der Waals surface area contributed by atoms with Crippen LogP contribution in [0.4, 0.5) is 0 Å². The zero-order valence-corrected chi connectivity index (χ0v) is 14.7. The molecule has 1 aromatic rings. The minimum absolute atomic E-state index is 0.0751. The lowest BCUT2D eigenvalue weighted by atomic mass is 10.2. The van der Waals surface area contributed by atoms with Crippen molar-refractivity contribution < 1.29 is 32.2 Å². The summed E-state index contributed by atoms with van der Waals surface area (Å²) in [7, 11) is -2.46. The van der Waals surface area contributed by atoms with Gasteiger partial charge in [0.15, 0.2) is 6.10 Å². The molecule has 0 bridgehead atoms. The first-order valence-corrected chi connectivity index (χ1v) is 8.97. The molecule has 0 radical (unpaired) electrons. The van der Waals surface area contributed by atoms with Crippen molar-refractivity contribution in [2.45, 2.75) is 17.9 Å². The number of nitrogens with two attached hydrogens (primary N) is 1. The molecule has 1 amide bonds. The van der Waals surface area contributed by atoms with Crippen molar-refractivity contribution in [3.05, 3.63) is 23.8 Å². The molecule has 1 saturated heterocycles. The van der Waals surface area contributed by atoms with Crippen molar-refractivity contribution in [1.29, 1.82) is 0 Å². The summed E-state index contributed by atoms with van der Waals surface area (Å²) in [4.78, 5) is 23.2. The monoisotopic (exact) mass is 372 g/mol. The van der Waals surface area contributed by atoms with Crippen molar-refractivity contribution in [3.63, 3.8) is 0 Å². The number of rotatable bonds is 6. The molecule has 2 N–H and O–H groups in total. The zero-order chi connectivity index (χ0) is 18.6. The van der Waals surface area contributed by atoms with Crippen molar-refractivity contribution in [2.75, 3.05) is 33.4 Å². The van der Waals surface area contributed by atoms with Crippen LogP contribution in [0.5, 0.6) is 5.75 Å². The van der Waals surface area contributed by atoms with Crippen molar-refractivity contribution in [3.8, 4) is 5.75 Å². The van der Waals surface area contributed by atoms with Crippen LogP contribution in [0.3, 0.4) is 0 Å². The molecule has 0 aliphatic carbocycles. The molecule has 25 heavy (non-hydrogen) atoms. The second kappa shape index (κ2) is 7.81. The number of morpholine rings is 1. The summed E-state index contributed by atoms with van der Waals surface area (Å²) in [5, 5.41) is 0. The number of sulfonamides is 1. The maximum Gasteiger partial charge on any atom is 0.342 e. The summed E-state index contributed by atoms with van der Waals surface area (Å²) in [5.41, 5.74) is 4.96. The summed E-state index contributed by atoms with van der Waals surface area (Å²) in [5.74, 6) is -1.59. The predicted molar refractivity (Wildman–Crippen MR) is 86.6 cm³/mol. The van der Waals surface area contributed by atoms with Gasteiger partial charge in [-0.05, 0) is 25.1 Å². The second-order valence-electron chi connectivity index (χ2n) is 5.33. The van der Waals surface area contributed by atoms with Gasteiger partial charge in [-0.3, -0.25) is 4.79 Å². The van der Waals surface area contributed by atoms with Crippen LogP contribution in [0.25, 0.3) is 0 Å². The Bertz CT molecular complexity index is 757. The Labute approximate surface area is 145 Å². The van der Waals surface area contributed by atoms with E-state index in [0.29, 0.717) is 13.2 Å². The van der Waals surface area contributed by atoms with Gasteiger partial charge in [-0.1, -0.05) is 0 Å². The Balaban J connectivity index is 2.36. The van der Waals surface area contributed by atoms with Gasteiger partial charge in [-0.15, -0.1) is 0 Å². The van der Waals surface area contributed by atoms with Crippen LogP contribution in [0.15, 0.2) is 23.1 Å². The number of carbonyl (C=O) groups excluding carboxylic acids is 2. The fourth-order valence-electron chi connectivity index (χ4n) is 2.23. The van der Waals surface area contributed by atoms with E-state index in [9.17, 15) is 18.0 Å². The molecule has 1 aliphatic heterocycles. The molecular formula is C15H20N2O7S.